The fraction of sp³-hybridized carbons (Fsp3) is 0.400. The number of hydrogen-bond donors (Lipinski definition) is 2. The Bertz CT molecular complexity index is 850. The maximum absolute atomic E-state index is 12.9. The third kappa shape index (κ3) is 4.25. The molecule has 1 fully saturated rings. The van der Waals surface area contributed by atoms with Gasteiger partial charge in [0.1, 0.15) is 11.7 Å². The van der Waals surface area contributed by atoms with Crippen molar-refractivity contribution in [1.82, 2.24) is 20.2 Å². The second-order valence-electron chi connectivity index (χ2n) is 6.04. The normalized spacial score (nSPS) is 19.7. The summed E-state index contributed by atoms with van der Waals surface area (Å²) >= 11 is 0.378. The van der Waals surface area contributed by atoms with Crippen LogP contribution in [0.4, 0.5) is 26.3 Å². The highest BCUT2D eigenvalue weighted by Gasteiger charge is 2.39. The summed E-state index contributed by atoms with van der Waals surface area (Å²) in [4.78, 5) is 19.9. The number of nitrogens with two attached hydrogens (primary N) is 1. The molecule has 0 spiro atoms. The van der Waals surface area contributed by atoms with Gasteiger partial charge < -0.3 is 5.73 Å². The predicted octanol–water partition coefficient (Wildman–Crippen LogP) is 2.38. The van der Waals surface area contributed by atoms with Gasteiger partial charge in [-0.05, 0) is 11.6 Å². The van der Waals surface area contributed by atoms with Crippen LogP contribution in [0.1, 0.15) is 28.0 Å². The number of primary amides is 1. The second kappa shape index (κ2) is 7.29. The zero-order chi connectivity index (χ0) is 20.7. The summed E-state index contributed by atoms with van der Waals surface area (Å²) in [7, 11) is 0. The van der Waals surface area contributed by atoms with Crippen LogP contribution in [-0.2, 0) is 17.1 Å². The predicted molar refractivity (Wildman–Crippen MR) is 85.9 cm³/mol. The van der Waals surface area contributed by atoms with E-state index in [-0.39, 0.29) is 24.5 Å². The Labute approximate surface area is 158 Å². The zero-order valence-corrected chi connectivity index (χ0v) is 14.7. The van der Waals surface area contributed by atoms with Gasteiger partial charge in [-0.1, -0.05) is 6.07 Å². The summed E-state index contributed by atoms with van der Waals surface area (Å²) in [6.07, 6.45) is -8.35. The standard InChI is InChI=1S/C15H13F6N5OS/c16-14(17,18)10-2-1-7(3-23-10)11(26-4-8(12(22)27)24-6-26)9-5-28-13(25-9)15(19,20)21/h1-3,5,8,11,24H,4,6H2,(H2,22,27)/t8?,11-/m0/s1. The van der Waals surface area contributed by atoms with Gasteiger partial charge in [0.15, 0.2) is 5.01 Å². The van der Waals surface area contributed by atoms with Crippen molar-refractivity contribution in [2.75, 3.05) is 13.2 Å². The smallest absolute Gasteiger partial charge is 0.368 e. The van der Waals surface area contributed by atoms with E-state index in [0.29, 0.717) is 11.3 Å². The number of carbonyl (C=O) groups excluding carboxylic acids is 1. The summed E-state index contributed by atoms with van der Waals surface area (Å²) in [5.74, 6) is -0.652. The van der Waals surface area contributed by atoms with E-state index in [2.05, 4.69) is 15.3 Å². The lowest BCUT2D eigenvalue weighted by molar-refractivity contribution is -0.141. The van der Waals surface area contributed by atoms with Gasteiger partial charge in [-0.25, -0.2) is 4.98 Å². The molecular formula is C15H13F6N5OS. The van der Waals surface area contributed by atoms with Gasteiger partial charge in [-0.15, -0.1) is 11.3 Å². The first-order valence-electron chi connectivity index (χ1n) is 7.79. The van der Waals surface area contributed by atoms with Gasteiger partial charge in [-0.2, -0.15) is 26.3 Å². The Morgan fingerprint density at radius 1 is 1.25 bits per heavy atom. The molecule has 1 amide bonds. The van der Waals surface area contributed by atoms with E-state index in [1.54, 1.807) is 4.90 Å². The molecule has 0 bridgehead atoms. The van der Waals surface area contributed by atoms with Crippen LogP contribution >= 0.6 is 11.3 Å². The van der Waals surface area contributed by atoms with E-state index in [9.17, 15) is 31.1 Å². The molecule has 1 aliphatic heterocycles. The van der Waals surface area contributed by atoms with Crippen LogP contribution in [0.25, 0.3) is 0 Å². The molecule has 1 unspecified atom stereocenters. The molecule has 3 heterocycles. The third-order valence-electron chi connectivity index (χ3n) is 4.10. The average molecular weight is 425 g/mol. The maximum atomic E-state index is 12.9. The SMILES string of the molecule is NC(=O)C1CN([C@@H](c2ccc(C(F)(F)F)nc2)c2csc(C(F)(F)F)n2)CN1. The Morgan fingerprint density at radius 2 is 1.96 bits per heavy atom. The van der Waals surface area contributed by atoms with E-state index in [4.69, 9.17) is 5.73 Å². The maximum Gasteiger partial charge on any atom is 0.443 e. The lowest BCUT2D eigenvalue weighted by Crippen LogP contribution is -2.38. The summed E-state index contributed by atoms with van der Waals surface area (Å²) in [6.45, 7) is 0.137. The van der Waals surface area contributed by atoms with Crippen molar-refractivity contribution < 1.29 is 31.1 Å². The molecule has 1 aliphatic rings. The van der Waals surface area contributed by atoms with Gasteiger partial charge in [0.05, 0.1) is 11.7 Å². The Hall–Kier alpha value is -2.25. The van der Waals surface area contributed by atoms with Crippen LogP contribution in [0.3, 0.4) is 0 Å². The van der Waals surface area contributed by atoms with Crippen molar-refractivity contribution in [2.45, 2.75) is 24.4 Å². The van der Waals surface area contributed by atoms with Crippen molar-refractivity contribution in [1.29, 1.82) is 0 Å². The van der Waals surface area contributed by atoms with Crippen LogP contribution in [0.2, 0.25) is 0 Å². The molecule has 3 N–H and O–H groups in total. The number of nitrogens with zero attached hydrogens (tertiary/aromatic N) is 3. The molecule has 0 radical (unpaired) electrons. The molecular weight excluding hydrogens is 412 g/mol. The Morgan fingerprint density at radius 3 is 2.43 bits per heavy atom. The van der Waals surface area contributed by atoms with Crippen LogP contribution in [0, 0.1) is 0 Å². The summed E-state index contributed by atoms with van der Waals surface area (Å²) in [5, 5.41) is 2.91. The van der Waals surface area contributed by atoms with Gasteiger partial charge in [0.25, 0.3) is 0 Å². The molecule has 2 atom stereocenters. The van der Waals surface area contributed by atoms with E-state index >= 15 is 0 Å². The molecule has 6 nitrogen and oxygen atoms in total. The van der Waals surface area contributed by atoms with Crippen molar-refractivity contribution in [3.63, 3.8) is 0 Å². The number of nitrogens with one attached hydrogen (secondary N) is 1. The van der Waals surface area contributed by atoms with E-state index in [0.717, 1.165) is 18.3 Å². The minimum atomic E-state index is -4.65. The second-order valence-corrected chi connectivity index (χ2v) is 6.90. The highest BCUT2D eigenvalue weighted by Crippen LogP contribution is 2.37. The number of aromatic nitrogens is 2. The van der Waals surface area contributed by atoms with Crippen LogP contribution in [-0.4, -0.2) is 40.0 Å². The number of carbonyl (C=O) groups is 1. The fourth-order valence-corrected chi connectivity index (χ4v) is 3.53. The van der Waals surface area contributed by atoms with Gasteiger partial charge in [-0.3, -0.25) is 20.0 Å². The van der Waals surface area contributed by atoms with E-state index in [1.165, 1.54) is 5.38 Å². The number of rotatable bonds is 4. The summed E-state index contributed by atoms with van der Waals surface area (Å²) in [6, 6.07) is 0.198. The van der Waals surface area contributed by atoms with Crippen LogP contribution < -0.4 is 11.1 Å². The monoisotopic (exact) mass is 425 g/mol. The molecule has 2 aromatic heterocycles. The first-order valence-corrected chi connectivity index (χ1v) is 8.67. The molecule has 13 heteroatoms. The molecule has 2 aromatic rings. The first-order chi connectivity index (χ1) is 13.0. The van der Waals surface area contributed by atoms with E-state index < -0.39 is 41.0 Å². The number of pyridine rings is 1. The van der Waals surface area contributed by atoms with E-state index in [1.807, 2.05) is 0 Å². The summed E-state index contributed by atoms with van der Waals surface area (Å²) < 4.78 is 77.0. The number of hydrogen-bond acceptors (Lipinski definition) is 6. The number of thiazole rings is 1. The van der Waals surface area contributed by atoms with Crippen LogP contribution in [0.15, 0.2) is 23.7 Å². The van der Waals surface area contributed by atoms with Crippen molar-refractivity contribution in [3.8, 4) is 0 Å². The largest absolute Gasteiger partial charge is 0.443 e. The number of amides is 1. The topological polar surface area (TPSA) is 84.1 Å². The number of alkyl halides is 6. The molecule has 1 saturated heterocycles. The molecule has 152 valence electrons. The Kier molecular flexibility index (Phi) is 5.34. The third-order valence-corrected chi connectivity index (χ3v) is 5.01. The Balaban J connectivity index is 1.98. The highest BCUT2D eigenvalue weighted by molar-refractivity contribution is 7.09. The lowest BCUT2D eigenvalue weighted by atomic mass is 10.0. The first kappa shape index (κ1) is 20.5. The average Bonchev–Trinajstić information content (AvgIpc) is 3.24. The van der Waals surface area contributed by atoms with Crippen molar-refractivity contribution in [2.24, 2.45) is 5.73 Å². The molecule has 28 heavy (non-hydrogen) atoms. The molecule has 0 aromatic carbocycles. The molecule has 0 saturated carbocycles. The van der Waals surface area contributed by atoms with Gasteiger partial charge in [0, 0.05) is 24.8 Å². The molecule has 3 rings (SSSR count). The van der Waals surface area contributed by atoms with Crippen molar-refractivity contribution in [3.05, 3.63) is 45.7 Å². The van der Waals surface area contributed by atoms with Crippen molar-refractivity contribution >= 4 is 17.2 Å². The van der Waals surface area contributed by atoms with Gasteiger partial charge >= 0.3 is 12.4 Å². The highest BCUT2D eigenvalue weighted by atomic mass is 32.1. The zero-order valence-electron chi connectivity index (χ0n) is 13.9. The summed E-state index contributed by atoms with van der Waals surface area (Å²) in [5.41, 5.74) is 4.31. The quantitative estimate of drug-likeness (QED) is 0.735. The number of halogens is 6. The van der Waals surface area contributed by atoms with Gasteiger partial charge in [0.2, 0.25) is 5.91 Å². The fourth-order valence-electron chi connectivity index (χ4n) is 2.82. The minimum absolute atomic E-state index is 0.00851. The molecule has 0 aliphatic carbocycles. The van der Waals surface area contributed by atoms with Crippen LogP contribution in [0.5, 0.6) is 0 Å². The minimum Gasteiger partial charge on any atom is -0.368 e. The lowest BCUT2D eigenvalue weighted by Gasteiger charge is -2.26.